The second kappa shape index (κ2) is 8.85. The van der Waals surface area contributed by atoms with Gasteiger partial charge in [-0.1, -0.05) is 48.5 Å². The first kappa shape index (κ1) is 22.2. The first-order valence-corrected chi connectivity index (χ1v) is 11.0. The first-order chi connectivity index (χ1) is 15.2. The first-order valence-electron chi connectivity index (χ1n) is 9.90. The fourth-order valence-electron chi connectivity index (χ4n) is 3.94. The maximum atomic E-state index is 13.5. The second-order valence-corrected chi connectivity index (χ2v) is 8.97. The van der Waals surface area contributed by atoms with Crippen LogP contribution < -0.4 is 10.6 Å². The lowest BCUT2D eigenvalue weighted by atomic mass is 9.98. The Kier molecular flexibility index (Phi) is 6.14. The Bertz CT molecular complexity index is 1180. The van der Waals surface area contributed by atoms with Crippen LogP contribution >= 0.6 is 22.6 Å². The zero-order valence-electron chi connectivity index (χ0n) is 16.7. The molecular formula is C24H19F2IN2O3. The number of anilines is 1. The number of carbonyl (C=O) groups is 2. The Morgan fingerprint density at radius 1 is 0.969 bits per heavy atom. The van der Waals surface area contributed by atoms with Crippen molar-refractivity contribution in [2.75, 3.05) is 5.32 Å². The minimum atomic E-state index is -2.96. The van der Waals surface area contributed by atoms with E-state index in [-0.39, 0.29) is 17.5 Å². The largest absolute Gasteiger partial charge is 0.465 e. The van der Waals surface area contributed by atoms with Gasteiger partial charge < -0.3 is 15.7 Å². The zero-order valence-corrected chi connectivity index (χ0v) is 18.9. The van der Waals surface area contributed by atoms with Crippen molar-refractivity contribution in [3.05, 3.63) is 89.0 Å². The van der Waals surface area contributed by atoms with E-state index in [1.165, 1.54) is 12.1 Å². The zero-order chi connectivity index (χ0) is 22.9. The van der Waals surface area contributed by atoms with Crippen LogP contribution in [-0.4, -0.2) is 23.1 Å². The van der Waals surface area contributed by atoms with Crippen LogP contribution in [0.1, 0.15) is 27.0 Å². The van der Waals surface area contributed by atoms with Crippen molar-refractivity contribution < 1.29 is 23.5 Å². The number of alkyl halides is 3. The van der Waals surface area contributed by atoms with E-state index in [1.807, 2.05) is 12.1 Å². The van der Waals surface area contributed by atoms with Gasteiger partial charge in [0.05, 0.1) is 0 Å². The SMILES string of the molecule is O=C(O)N[C@@H]1Cc2ccc(NC(=O)c3ccccc3-c3ccc(C(F)(F)I)cc3)cc2C1. The average molecular weight is 548 g/mol. The van der Waals surface area contributed by atoms with Crippen molar-refractivity contribution in [2.24, 2.45) is 0 Å². The molecule has 0 unspecified atom stereocenters. The van der Waals surface area contributed by atoms with E-state index in [0.717, 1.165) is 33.7 Å². The molecule has 1 atom stereocenters. The monoisotopic (exact) mass is 548 g/mol. The molecule has 0 aliphatic heterocycles. The van der Waals surface area contributed by atoms with Gasteiger partial charge in [-0.3, -0.25) is 4.79 Å². The summed E-state index contributed by atoms with van der Waals surface area (Å²) >= 11 is 1.09. The molecule has 0 radical (unpaired) electrons. The molecule has 4 rings (SSSR count). The van der Waals surface area contributed by atoms with E-state index >= 15 is 0 Å². The van der Waals surface area contributed by atoms with Gasteiger partial charge >= 0.3 is 10.0 Å². The number of carbonyl (C=O) groups excluding carboxylic acids is 1. The molecule has 0 saturated heterocycles. The number of halogens is 3. The molecule has 2 amide bonds. The van der Waals surface area contributed by atoms with E-state index in [4.69, 9.17) is 5.11 Å². The molecule has 0 heterocycles. The predicted octanol–water partition coefficient (Wildman–Crippen LogP) is 5.83. The van der Waals surface area contributed by atoms with Gasteiger partial charge in [0.15, 0.2) is 0 Å². The highest BCUT2D eigenvalue weighted by Gasteiger charge is 2.27. The summed E-state index contributed by atoms with van der Waals surface area (Å²) in [6, 6.07) is 18.2. The third-order valence-corrected chi connectivity index (χ3v) is 6.04. The number of rotatable bonds is 5. The van der Waals surface area contributed by atoms with Gasteiger partial charge in [-0.25, -0.2) is 4.79 Å². The molecule has 0 aromatic heterocycles. The van der Waals surface area contributed by atoms with Crippen LogP contribution in [0.3, 0.4) is 0 Å². The molecular weight excluding hydrogens is 529 g/mol. The summed E-state index contributed by atoms with van der Waals surface area (Å²) in [7, 11) is 0. The van der Waals surface area contributed by atoms with Crippen LogP contribution in [0.2, 0.25) is 0 Å². The van der Waals surface area contributed by atoms with Crippen molar-refractivity contribution in [3.63, 3.8) is 0 Å². The molecule has 164 valence electrons. The molecule has 0 fully saturated rings. The Balaban J connectivity index is 1.54. The molecule has 8 heteroatoms. The van der Waals surface area contributed by atoms with Gasteiger partial charge in [-0.15, -0.1) is 0 Å². The molecule has 3 aromatic rings. The summed E-state index contributed by atoms with van der Waals surface area (Å²) in [5.74, 6) is -0.318. The Labute approximate surface area is 197 Å². The van der Waals surface area contributed by atoms with Gasteiger partial charge in [-0.05, 0) is 53.3 Å². The second-order valence-electron chi connectivity index (χ2n) is 7.61. The van der Waals surface area contributed by atoms with Crippen molar-refractivity contribution in [1.82, 2.24) is 5.32 Å². The average Bonchev–Trinajstić information content (AvgIpc) is 3.14. The number of benzene rings is 3. The van der Waals surface area contributed by atoms with E-state index in [2.05, 4.69) is 10.6 Å². The fourth-order valence-corrected chi connectivity index (χ4v) is 4.30. The lowest BCUT2D eigenvalue weighted by Gasteiger charge is -2.13. The van der Waals surface area contributed by atoms with E-state index < -0.39 is 10.0 Å². The summed E-state index contributed by atoms with van der Waals surface area (Å²) in [4.78, 5) is 23.9. The summed E-state index contributed by atoms with van der Waals surface area (Å²) in [5, 5.41) is 14.3. The summed E-state index contributed by atoms with van der Waals surface area (Å²) < 4.78 is 24.1. The van der Waals surface area contributed by atoms with Crippen molar-refractivity contribution in [3.8, 4) is 11.1 Å². The van der Waals surface area contributed by atoms with E-state index in [9.17, 15) is 18.4 Å². The Morgan fingerprint density at radius 3 is 2.34 bits per heavy atom. The minimum absolute atomic E-state index is 0.0994. The fraction of sp³-hybridized carbons (Fsp3) is 0.167. The molecule has 32 heavy (non-hydrogen) atoms. The Hall–Kier alpha value is -3.01. The van der Waals surface area contributed by atoms with E-state index in [1.54, 1.807) is 42.5 Å². The van der Waals surface area contributed by atoms with Gasteiger partial charge in [0.2, 0.25) is 0 Å². The molecule has 0 spiro atoms. The molecule has 0 saturated carbocycles. The smallest absolute Gasteiger partial charge is 0.404 e. The third kappa shape index (κ3) is 4.90. The minimum Gasteiger partial charge on any atom is -0.465 e. The number of amides is 2. The highest BCUT2D eigenvalue weighted by Crippen LogP contribution is 2.36. The van der Waals surface area contributed by atoms with E-state index in [0.29, 0.717) is 35.2 Å². The van der Waals surface area contributed by atoms with Crippen LogP contribution in [0.15, 0.2) is 66.7 Å². The van der Waals surface area contributed by atoms with Crippen LogP contribution in [0.4, 0.5) is 19.3 Å². The standard InChI is InChI=1S/C24H19F2IN2O3/c25-24(26,27)17-8-5-14(6-9-17)20-3-1-2-4-21(20)22(30)28-18-10-7-15-11-19(29-23(31)32)13-16(15)12-18/h1-10,12,19,29H,11,13H2,(H,28,30)(H,31,32)/t19-/m1/s1. The quantitative estimate of drug-likeness (QED) is 0.278. The van der Waals surface area contributed by atoms with Gasteiger partial charge in [-0.2, -0.15) is 8.78 Å². The Morgan fingerprint density at radius 2 is 1.66 bits per heavy atom. The third-order valence-electron chi connectivity index (χ3n) is 5.42. The lowest BCUT2D eigenvalue weighted by Crippen LogP contribution is -2.33. The van der Waals surface area contributed by atoms with Crippen molar-refractivity contribution in [1.29, 1.82) is 0 Å². The van der Waals surface area contributed by atoms with Crippen molar-refractivity contribution >= 4 is 40.3 Å². The predicted molar refractivity (Wildman–Crippen MR) is 127 cm³/mol. The molecule has 3 N–H and O–H groups in total. The van der Waals surface area contributed by atoms with Crippen LogP contribution in [-0.2, 0) is 16.8 Å². The van der Waals surface area contributed by atoms with Gasteiger partial charge in [0, 0.05) is 45.4 Å². The molecule has 0 bridgehead atoms. The van der Waals surface area contributed by atoms with Crippen LogP contribution in [0.5, 0.6) is 0 Å². The highest BCUT2D eigenvalue weighted by molar-refractivity contribution is 14.1. The number of hydrogen-bond donors (Lipinski definition) is 3. The summed E-state index contributed by atoms with van der Waals surface area (Å²) in [6.07, 6.45) is 0.129. The number of carboxylic acid groups (broad SMARTS) is 1. The topological polar surface area (TPSA) is 78.4 Å². The van der Waals surface area contributed by atoms with Gasteiger partial charge in [0.25, 0.3) is 5.91 Å². The highest BCUT2D eigenvalue weighted by atomic mass is 127. The van der Waals surface area contributed by atoms with Gasteiger partial charge in [0.1, 0.15) is 0 Å². The normalized spacial score (nSPS) is 15.2. The number of hydrogen-bond acceptors (Lipinski definition) is 2. The maximum absolute atomic E-state index is 13.5. The molecule has 5 nitrogen and oxygen atoms in total. The lowest BCUT2D eigenvalue weighted by molar-refractivity contribution is 0.102. The summed E-state index contributed by atoms with van der Waals surface area (Å²) in [6.45, 7) is 0. The van der Waals surface area contributed by atoms with Crippen LogP contribution in [0.25, 0.3) is 11.1 Å². The number of fused-ring (bicyclic) bond motifs is 1. The molecule has 1 aliphatic rings. The van der Waals surface area contributed by atoms with Crippen molar-refractivity contribution in [2.45, 2.75) is 22.8 Å². The molecule has 1 aliphatic carbocycles. The molecule has 3 aromatic carbocycles. The number of nitrogens with one attached hydrogen (secondary N) is 2. The maximum Gasteiger partial charge on any atom is 0.404 e. The van der Waals surface area contributed by atoms with Crippen LogP contribution in [0, 0.1) is 0 Å². The summed E-state index contributed by atoms with van der Waals surface area (Å²) in [5.41, 5.74) is 4.28.